The average Bonchev–Trinajstić information content (AvgIpc) is 3.46. The van der Waals surface area contributed by atoms with Crippen LogP contribution in [-0.4, -0.2) is 7.05 Å². The maximum atomic E-state index is 2.52. The normalized spacial score (nSPS) is 13.9. The molecule has 9 aromatic carbocycles. The molecule has 0 fully saturated rings. The van der Waals surface area contributed by atoms with Gasteiger partial charge in [-0.15, -0.1) is 0 Å². The number of benzene rings is 9. The molecule has 0 radical (unpaired) electrons. The molecule has 2 heteroatoms. The smallest absolute Gasteiger partial charge is 0.0700 e. The Labute approximate surface area is 316 Å². The van der Waals surface area contributed by atoms with Gasteiger partial charge in [0.2, 0.25) is 0 Å². The van der Waals surface area contributed by atoms with Gasteiger partial charge in [-0.2, -0.15) is 0 Å². The van der Waals surface area contributed by atoms with E-state index in [4.69, 9.17) is 0 Å². The van der Waals surface area contributed by atoms with Crippen molar-refractivity contribution in [2.45, 2.75) is 19.3 Å². The van der Waals surface area contributed by atoms with Crippen molar-refractivity contribution in [2.24, 2.45) is 0 Å². The first-order valence-electron chi connectivity index (χ1n) is 18.9. The minimum atomic E-state index is -0.100. The molecule has 9 aromatic rings. The van der Waals surface area contributed by atoms with Crippen molar-refractivity contribution < 1.29 is 0 Å². The summed E-state index contributed by atoms with van der Waals surface area (Å²) in [7, 11) is 2.18. The third kappa shape index (κ3) is 4.28. The summed E-state index contributed by atoms with van der Waals surface area (Å²) in [4.78, 5) is 4.84. The number of hydrogen-bond donors (Lipinski definition) is 0. The molecule has 54 heavy (non-hydrogen) atoms. The zero-order valence-corrected chi connectivity index (χ0v) is 30.6. The Morgan fingerprint density at radius 2 is 0.944 bits per heavy atom. The van der Waals surface area contributed by atoms with Gasteiger partial charge in [0.05, 0.1) is 28.4 Å². The summed E-state index contributed by atoms with van der Waals surface area (Å²) >= 11 is 0. The number of fused-ring (bicyclic) bond motifs is 8. The van der Waals surface area contributed by atoms with E-state index in [0.29, 0.717) is 0 Å². The van der Waals surface area contributed by atoms with Crippen LogP contribution in [0.5, 0.6) is 0 Å². The van der Waals surface area contributed by atoms with Crippen LogP contribution < -0.4 is 9.80 Å². The predicted octanol–water partition coefficient (Wildman–Crippen LogP) is 14.3. The molecular formula is C52H38N2. The van der Waals surface area contributed by atoms with Crippen molar-refractivity contribution >= 4 is 60.8 Å². The summed E-state index contributed by atoms with van der Waals surface area (Å²) < 4.78 is 0. The largest absolute Gasteiger partial charge is 0.341 e. The van der Waals surface area contributed by atoms with E-state index in [1.54, 1.807) is 0 Å². The fraction of sp³-hybridized carbons (Fsp3) is 0.0769. The monoisotopic (exact) mass is 690 g/mol. The highest BCUT2D eigenvalue weighted by Crippen LogP contribution is 2.58. The number of nitrogens with zero attached hydrogens (tertiary/aromatic N) is 2. The average molecular weight is 691 g/mol. The van der Waals surface area contributed by atoms with Gasteiger partial charge in [-0.05, 0) is 102 Å². The molecule has 0 unspecified atom stereocenters. The second-order valence-corrected chi connectivity index (χ2v) is 15.4. The lowest BCUT2D eigenvalue weighted by molar-refractivity contribution is 0.660. The van der Waals surface area contributed by atoms with Gasteiger partial charge in [0, 0.05) is 23.2 Å². The predicted molar refractivity (Wildman–Crippen MR) is 230 cm³/mol. The van der Waals surface area contributed by atoms with Gasteiger partial charge in [-0.1, -0.05) is 153 Å². The third-order valence-electron chi connectivity index (χ3n) is 12.1. The van der Waals surface area contributed by atoms with Crippen LogP contribution in [-0.2, 0) is 5.41 Å². The Bertz CT molecular complexity index is 2960. The molecule has 2 aliphatic rings. The lowest BCUT2D eigenvalue weighted by Gasteiger charge is -2.39. The standard InChI is InChI=1S/C52H38N2/c1-52(2)43-21-9-8-19-40(43)50-41(20-14-22-44(50)52)49-37-17-6-7-18-38(37)51(54-47-25-12-10-23-45(47)53(3)46-24-11-13-26-48(46)54)39-30-29-36(32-42(39)49)35-28-27-33-15-4-5-16-34(33)31-35/h4-32H,1-3H3. The first-order chi connectivity index (χ1) is 26.5. The maximum Gasteiger partial charge on any atom is 0.0700 e. The fourth-order valence-corrected chi connectivity index (χ4v) is 9.57. The van der Waals surface area contributed by atoms with Crippen molar-refractivity contribution in [1.82, 2.24) is 0 Å². The van der Waals surface area contributed by atoms with Gasteiger partial charge in [-0.25, -0.2) is 0 Å². The van der Waals surface area contributed by atoms with Gasteiger partial charge >= 0.3 is 0 Å². The highest BCUT2D eigenvalue weighted by Gasteiger charge is 2.37. The van der Waals surface area contributed by atoms with E-state index < -0.39 is 0 Å². The van der Waals surface area contributed by atoms with Gasteiger partial charge in [0.25, 0.3) is 0 Å². The molecule has 256 valence electrons. The molecule has 2 nitrogen and oxygen atoms in total. The van der Waals surface area contributed by atoms with Crippen molar-refractivity contribution in [3.8, 4) is 33.4 Å². The van der Waals surface area contributed by atoms with E-state index in [1.165, 1.54) is 105 Å². The second kappa shape index (κ2) is 11.4. The first-order valence-corrected chi connectivity index (χ1v) is 18.9. The first kappa shape index (κ1) is 30.9. The second-order valence-electron chi connectivity index (χ2n) is 15.4. The lowest BCUT2D eigenvalue weighted by Crippen LogP contribution is -2.24. The minimum absolute atomic E-state index is 0.100. The quantitative estimate of drug-likeness (QED) is 0.170. The summed E-state index contributed by atoms with van der Waals surface area (Å²) in [5, 5.41) is 7.46. The number of hydrogen-bond acceptors (Lipinski definition) is 2. The molecule has 1 heterocycles. The van der Waals surface area contributed by atoms with Crippen LogP contribution >= 0.6 is 0 Å². The number of anilines is 5. The highest BCUT2D eigenvalue weighted by molar-refractivity contribution is 6.25. The van der Waals surface area contributed by atoms with Gasteiger partial charge in [0.1, 0.15) is 0 Å². The molecule has 0 saturated heterocycles. The van der Waals surface area contributed by atoms with Crippen LogP contribution in [0.3, 0.4) is 0 Å². The van der Waals surface area contributed by atoms with Crippen LogP contribution in [0, 0.1) is 0 Å². The fourth-order valence-electron chi connectivity index (χ4n) is 9.57. The van der Waals surface area contributed by atoms with E-state index >= 15 is 0 Å². The van der Waals surface area contributed by atoms with E-state index in [0.717, 1.165) is 0 Å². The van der Waals surface area contributed by atoms with E-state index in [-0.39, 0.29) is 5.41 Å². The molecule has 0 saturated carbocycles. The van der Waals surface area contributed by atoms with Crippen molar-refractivity contribution in [1.29, 1.82) is 0 Å². The highest BCUT2D eigenvalue weighted by atomic mass is 15.3. The van der Waals surface area contributed by atoms with Gasteiger partial charge < -0.3 is 9.80 Å². The Hall–Kier alpha value is -6.64. The molecule has 11 rings (SSSR count). The molecule has 1 aliphatic carbocycles. The molecule has 0 aromatic heterocycles. The molecule has 1 aliphatic heterocycles. The van der Waals surface area contributed by atoms with Crippen molar-refractivity contribution in [3.63, 3.8) is 0 Å². The lowest BCUT2D eigenvalue weighted by atomic mass is 9.81. The Kier molecular flexibility index (Phi) is 6.55. The Balaban J connectivity index is 1.29. The summed E-state index contributed by atoms with van der Waals surface area (Å²) in [5.74, 6) is 0. The van der Waals surface area contributed by atoms with Crippen LogP contribution in [0.25, 0.3) is 65.7 Å². The van der Waals surface area contributed by atoms with Crippen molar-refractivity contribution in [3.05, 3.63) is 187 Å². The zero-order chi connectivity index (χ0) is 36.1. The Morgan fingerprint density at radius 1 is 0.389 bits per heavy atom. The van der Waals surface area contributed by atoms with E-state index in [2.05, 4.69) is 207 Å². The number of rotatable bonds is 3. The third-order valence-corrected chi connectivity index (χ3v) is 12.1. The summed E-state index contributed by atoms with van der Waals surface area (Å²) in [5.41, 5.74) is 16.3. The van der Waals surface area contributed by atoms with Gasteiger partial charge in [-0.3, -0.25) is 0 Å². The van der Waals surface area contributed by atoms with Crippen molar-refractivity contribution in [2.75, 3.05) is 16.8 Å². The van der Waals surface area contributed by atoms with E-state index in [9.17, 15) is 0 Å². The molecule has 0 spiro atoms. The number of para-hydroxylation sites is 4. The maximum absolute atomic E-state index is 2.52. The SMILES string of the molecule is CN1c2ccccc2N(c2c3ccccc3c(-c3cccc4c3-c3ccccc3C4(C)C)c3cc(-c4ccc5ccccc5c4)ccc23)c2ccccc21. The van der Waals surface area contributed by atoms with Gasteiger partial charge in [0.15, 0.2) is 0 Å². The molecule has 0 amide bonds. The van der Waals surface area contributed by atoms with Crippen LogP contribution in [0.2, 0.25) is 0 Å². The topological polar surface area (TPSA) is 6.48 Å². The summed E-state index contributed by atoms with van der Waals surface area (Å²) in [6, 6.07) is 65.4. The summed E-state index contributed by atoms with van der Waals surface area (Å²) in [6.07, 6.45) is 0. The molecule has 0 atom stereocenters. The van der Waals surface area contributed by atoms with Crippen LogP contribution in [0.4, 0.5) is 28.4 Å². The summed E-state index contributed by atoms with van der Waals surface area (Å²) in [6.45, 7) is 4.75. The molecule has 0 N–H and O–H groups in total. The molecule has 0 bridgehead atoms. The minimum Gasteiger partial charge on any atom is -0.341 e. The van der Waals surface area contributed by atoms with Crippen LogP contribution in [0.15, 0.2) is 176 Å². The molecular weight excluding hydrogens is 653 g/mol. The van der Waals surface area contributed by atoms with Crippen LogP contribution in [0.1, 0.15) is 25.0 Å². The Morgan fingerprint density at radius 3 is 1.72 bits per heavy atom. The van der Waals surface area contributed by atoms with E-state index in [1.807, 2.05) is 0 Å². The zero-order valence-electron chi connectivity index (χ0n) is 30.6.